The molecule has 0 aromatic rings. The SMILES string of the molecule is CCCNCCCS(=O)(=O)NCC1CCCCO1. The van der Waals surface area contributed by atoms with Crippen LogP contribution < -0.4 is 10.0 Å². The van der Waals surface area contributed by atoms with Crippen molar-refractivity contribution in [1.29, 1.82) is 0 Å². The average molecular weight is 278 g/mol. The Balaban J connectivity index is 2.10. The van der Waals surface area contributed by atoms with Crippen molar-refractivity contribution in [3.05, 3.63) is 0 Å². The van der Waals surface area contributed by atoms with E-state index in [1.54, 1.807) is 0 Å². The molecule has 0 aromatic heterocycles. The normalized spacial score (nSPS) is 21.1. The second-order valence-corrected chi connectivity index (χ2v) is 6.69. The molecule has 1 unspecified atom stereocenters. The summed E-state index contributed by atoms with van der Waals surface area (Å²) in [6.45, 7) is 4.98. The molecule has 1 aliphatic rings. The Kier molecular flexibility index (Phi) is 7.81. The Bertz CT molecular complexity index is 300. The van der Waals surface area contributed by atoms with Crippen LogP contribution in [0.4, 0.5) is 0 Å². The summed E-state index contributed by atoms with van der Waals surface area (Å²) in [5, 5.41) is 3.20. The van der Waals surface area contributed by atoms with Crippen molar-refractivity contribution in [2.75, 3.05) is 32.0 Å². The first-order valence-electron chi connectivity index (χ1n) is 6.93. The lowest BCUT2D eigenvalue weighted by molar-refractivity contribution is 0.0200. The van der Waals surface area contributed by atoms with Gasteiger partial charge in [0.15, 0.2) is 0 Å². The molecule has 0 aliphatic carbocycles. The van der Waals surface area contributed by atoms with E-state index in [-0.39, 0.29) is 11.9 Å². The van der Waals surface area contributed by atoms with Gasteiger partial charge in [0.05, 0.1) is 11.9 Å². The predicted octanol–water partition coefficient (Wildman–Crippen LogP) is 0.865. The molecule has 108 valence electrons. The zero-order valence-electron chi connectivity index (χ0n) is 11.3. The summed E-state index contributed by atoms with van der Waals surface area (Å²) < 4.78 is 31.6. The molecule has 1 heterocycles. The molecule has 18 heavy (non-hydrogen) atoms. The van der Waals surface area contributed by atoms with Gasteiger partial charge in [-0.1, -0.05) is 6.92 Å². The number of rotatable bonds is 9. The average Bonchev–Trinajstić information content (AvgIpc) is 2.38. The summed E-state index contributed by atoms with van der Waals surface area (Å²) in [4.78, 5) is 0. The highest BCUT2D eigenvalue weighted by atomic mass is 32.2. The summed E-state index contributed by atoms with van der Waals surface area (Å²) in [5.41, 5.74) is 0. The van der Waals surface area contributed by atoms with E-state index in [2.05, 4.69) is 17.0 Å². The van der Waals surface area contributed by atoms with Gasteiger partial charge in [-0.2, -0.15) is 0 Å². The van der Waals surface area contributed by atoms with Crippen LogP contribution in [0.3, 0.4) is 0 Å². The van der Waals surface area contributed by atoms with Gasteiger partial charge >= 0.3 is 0 Å². The van der Waals surface area contributed by atoms with Crippen LogP contribution in [0.15, 0.2) is 0 Å². The third kappa shape index (κ3) is 7.31. The molecule has 1 aliphatic heterocycles. The van der Waals surface area contributed by atoms with Gasteiger partial charge in [0.1, 0.15) is 0 Å². The maximum Gasteiger partial charge on any atom is 0.211 e. The molecule has 1 rings (SSSR count). The van der Waals surface area contributed by atoms with Crippen LogP contribution in [0.5, 0.6) is 0 Å². The van der Waals surface area contributed by atoms with Gasteiger partial charge < -0.3 is 10.1 Å². The van der Waals surface area contributed by atoms with E-state index in [1.165, 1.54) is 0 Å². The Morgan fingerprint density at radius 3 is 2.78 bits per heavy atom. The fourth-order valence-electron chi connectivity index (χ4n) is 1.95. The van der Waals surface area contributed by atoms with E-state index in [4.69, 9.17) is 4.74 Å². The summed E-state index contributed by atoms with van der Waals surface area (Å²) in [6.07, 6.45) is 4.97. The van der Waals surface area contributed by atoms with Crippen molar-refractivity contribution in [2.45, 2.75) is 45.1 Å². The van der Waals surface area contributed by atoms with Gasteiger partial charge in [0.25, 0.3) is 0 Å². The molecule has 1 atom stereocenters. The molecular formula is C12H26N2O3S. The van der Waals surface area contributed by atoms with Gasteiger partial charge in [-0.3, -0.25) is 0 Å². The fraction of sp³-hybridized carbons (Fsp3) is 1.00. The number of hydrogen-bond donors (Lipinski definition) is 2. The van der Waals surface area contributed by atoms with Crippen LogP contribution >= 0.6 is 0 Å². The van der Waals surface area contributed by atoms with Crippen molar-refractivity contribution >= 4 is 10.0 Å². The second-order valence-electron chi connectivity index (χ2n) is 4.76. The van der Waals surface area contributed by atoms with Gasteiger partial charge in [0.2, 0.25) is 10.0 Å². The lowest BCUT2D eigenvalue weighted by Crippen LogP contribution is -2.37. The van der Waals surface area contributed by atoms with Crippen molar-refractivity contribution in [3.8, 4) is 0 Å². The molecule has 0 bridgehead atoms. The minimum Gasteiger partial charge on any atom is -0.377 e. The van der Waals surface area contributed by atoms with Gasteiger partial charge in [-0.25, -0.2) is 13.1 Å². The largest absolute Gasteiger partial charge is 0.377 e. The molecule has 1 saturated heterocycles. The molecule has 0 radical (unpaired) electrons. The summed E-state index contributed by atoms with van der Waals surface area (Å²) in [6, 6.07) is 0. The number of nitrogens with one attached hydrogen (secondary N) is 2. The summed E-state index contributed by atoms with van der Waals surface area (Å²) in [7, 11) is -3.14. The smallest absolute Gasteiger partial charge is 0.211 e. The minimum atomic E-state index is -3.14. The van der Waals surface area contributed by atoms with Crippen LogP contribution in [0.1, 0.15) is 39.0 Å². The predicted molar refractivity (Wildman–Crippen MR) is 73.2 cm³/mol. The maximum absolute atomic E-state index is 11.7. The van der Waals surface area contributed by atoms with Crippen LogP contribution in [-0.2, 0) is 14.8 Å². The lowest BCUT2D eigenvalue weighted by Gasteiger charge is -2.22. The first-order valence-corrected chi connectivity index (χ1v) is 8.59. The molecule has 1 fully saturated rings. The number of sulfonamides is 1. The van der Waals surface area contributed by atoms with Crippen molar-refractivity contribution in [1.82, 2.24) is 10.0 Å². The second kappa shape index (κ2) is 8.85. The third-order valence-corrected chi connectivity index (χ3v) is 4.43. The quantitative estimate of drug-likeness (QED) is 0.614. The van der Waals surface area contributed by atoms with E-state index in [1.807, 2.05) is 0 Å². The van der Waals surface area contributed by atoms with Gasteiger partial charge in [-0.15, -0.1) is 0 Å². The number of ether oxygens (including phenoxy) is 1. The molecule has 5 nitrogen and oxygen atoms in total. The van der Waals surface area contributed by atoms with Crippen molar-refractivity contribution < 1.29 is 13.2 Å². The van der Waals surface area contributed by atoms with Crippen molar-refractivity contribution in [2.24, 2.45) is 0 Å². The molecule has 0 spiro atoms. The highest BCUT2D eigenvalue weighted by Gasteiger charge is 2.17. The number of hydrogen-bond acceptors (Lipinski definition) is 4. The summed E-state index contributed by atoms with van der Waals surface area (Å²) in [5.74, 6) is 0.191. The molecule has 2 N–H and O–H groups in total. The van der Waals surface area contributed by atoms with Gasteiger partial charge in [-0.05, 0) is 45.2 Å². The Hall–Kier alpha value is -0.170. The topological polar surface area (TPSA) is 67.4 Å². The van der Waals surface area contributed by atoms with E-state index in [0.717, 1.165) is 45.4 Å². The molecule has 6 heteroatoms. The molecule has 0 aromatic carbocycles. The molecular weight excluding hydrogens is 252 g/mol. The Morgan fingerprint density at radius 1 is 1.28 bits per heavy atom. The zero-order chi connectivity index (χ0) is 13.3. The molecule has 0 saturated carbocycles. The summed E-state index contributed by atoms with van der Waals surface area (Å²) >= 11 is 0. The monoisotopic (exact) mass is 278 g/mol. The van der Waals surface area contributed by atoms with Crippen LogP contribution in [0.2, 0.25) is 0 Å². The maximum atomic E-state index is 11.7. The third-order valence-electron chi connectivity index (χ3n) is 3.00. The van der Waals surface area contributed by atoms with E-state index >= 15 is 0 Å². The van der Waals surface area contributed by atoms with E-state index < -0.39 is 10.0 Å². The van der Waals surface area contributed by atoms with Gasteiger partial charge in [0, 0.05) is 13.2 Å². The standard InChI is InChI=1S/C12H26N2O3S/c1-2-7-13-8-5-10-18(15,16)14-11-12-6-3-4-9-17-12/h12-14H,2-11H2,1H3. The van der Waals surface area contributed by atoms with Crippen LogP contribution in [-0.4, -0.2) is 46.5 Å². The lowest BCUT2D eigenvalue weighted by atomic mass is 10.1. The van der Waals surface area contributed by atoms with Crippen LogP contribution in [0.25, 0.3) is 0 Å². The highest BCUT2D eigenvalue weighted by molar-refractivity contribution is 7.89. The Morgan fingerprint density at radius 2 is 2.11 bits per heavy atom. The fourth-order valence-corrected chi connectivity index (χ4v) is 3.06. The zero-order valence-corrected chi connectivity index (χ0v) is 12.1. The highest BCUT2D eigenvalue weighted by Crippen LogP contribution is 2.11. The molecule has 0 amide bonds. The van der Waals surface area contributed by atoms with Crippen molar-refractivity contribution in [3.63, 3.8) is 0 Å². The first kappa shape index (κ1) is 15.9. The van der Waals surface area contributed by atoms with E-state index in [0.29, 0.717) is 13.0 Å². The first-order chi connectivity index (χ1) is 8.64. The van der Waals surface area contributed by atoms with E-state index in [9.17, 15) is 8.42 Å². The van der Waals surface area contributed by atoms with Crippen LogP contribution in [0, 0.1) is 0 Å². The minimum absolute atomic E-state index is 0.0618. The Labute approximate surface area is 111 Å².